The average Bonchev–Trinajstić information content (AvgIpc) is 2.66. The molecule has 0 aromatic rings. The molecule has 100 valence electrons. The standard InChI is InChI=1S/C11H17N3O4/c12-4-7-18-8-5-13-9(15)3-6-14-10(16)1-2-11(14)17/h1-2H,3-8,12H2,(H,13,15). The zero-order valence-electron chi connectivity index (χ0n) is 10.1. The second-order valence-electron chi connectivity index (χ2n) is 3.66. The molecule has 0 aromatic heterocycles. The highest BCUT2D eigenvalue weighted by molar-refractivity contribution is 6.13. The van der Waals surface area contributed by atoms with Crippen LogP contribution in [0, 0.1) is 0 Å². The van der Waals surface area contributed by atoms with Gasteiger partial charge in [0, 0.05) is 38.2 Å². The number of nitrogens with zero attached hydrogens (tertiary/aromatic N) is 1. The Bertz CT molecular complexity index is 336. The van der Waals surface area contributed by atoms with E-state index in [0.717, 1.165) is 4.90 Å². The highest BCUT2D eigenvalue weighted by Crippen LogP contribution is 2.03. The highest BCUT2D eigenvalue weighted by Gasteiger charge is 2.23. The lowest BCUT2D eigenvalue weighted by molar-refractivity contribution is -0.137. The molecule has 7 nitrogen and oxygen atoms in total. The van der Waals surface area contributed by atoms with Crippen molar-refractivity contribution in [1.29, 1.82) is 0 Å². The van der Waals surface area contributed by atoms with Gasteiger partial charge in [0.1, 0.15) is 0 Å². The van der Waals surface area contributed by atoms with Crippen LogP contribution in [0.1, 0.15) is 6.42 Å². The third-order valence-electron chi connectivity index (χ3n) is 2.29. The summed E-state index contributed by atoms with van der Waals surface area (Å²) in [4.78, 5) is 34.8. The lowest BCUT2D eigenvalue weighted by Crippen LogP contribution is -2.35. The van der Waals surface area contributed by atoms with E-state index in [2.05, 4.69) is 5.32 Å². The summed E-state index contributed by atoms with van der Waals surface area (Å²) in [5.74, 6) is -0.975. The summed E-state index contributed by atoms with van der Waals surface area (Å²) in [5, 5.41) is 2.62. The lowest BCUT2D eigenvalue weighted by atomic mass is 10.3. The van der Waals surface area contributed by atoms with Gasteiger partial charge in [-0.1, -0.05) is 0 Å². The highest BCUT2D eigenvalue weighted by atomic mass is 16.5. The normalized spacial score (nSPS) is 14.4. The first-order valence-electron chi connectivity index (χ1n) is 5.73. The van der Waals surface area contributed by atoms with Crippen LogP contribution in [0.2, 0.25) is 0 Å². The Morgan fingerprint density at radius 2 is 1.94 bits per heavy atom. The number of carbonyl (C=O) groups is 3. The van der Waals surface area contributed by atoms with Crippen molar-refractivity contribution in [2.45, 2.75) is 6.42 Å². The second-order valence-corrected chi connectivity index (χ2v) is 3.66. The minimum atomic E-state index is -0.376. The molecule has 0 aromatic carbocycles. The fraction of sp³-hybridized carbons (Fsp3) is 0.545. The maximum atomic E-state index is 11.4. The van der Waals surface area contributed by atoms with Crippen molar-refractivity contribution in [3.63, 3.8) is 0 Å². The van der Waals surface area contributed by atoms with E-state index < -0.39 is 0 Å². The number of nitrogens with one attached hydrogen (secondary N) is 1. The lowest BCUT2D eigenvalue weighted by Gasteiger charge is -2.13. The molecule has 0 radical (unpaired) electrons. The molecule has 1 aliphatic heterocycles. The quantitative estimate of drug-likeness (QED) is 0.401. The molecule has 0 aliphatic carbocycles. The van der Waals surface area contributed by atoms with E-state index in [1.54, 1.807) is 0 Å². The van der Waals surface area contributed by atoms with Crippen molar-refractivity contribution in [2.24, 2.45) is 5.73 Å². The SMILES string of the molecule is NCCOCCNC(=O)CCN1C(=O)C=CC1=O. The van der Waals surface area contributed by atoms with Gasteiger partial charge < -0.3 is 15.8 Å². The smallest absolute Gasteiger partial charge is 0.253 e. The predicted octanol–water partition coefficient (Wildman–Crippen LogP) is -1.61. The summed E-state index contributed by atoms with van der Waals surface area (Å²) in [6, 6.07) is 0. The van der Waals surface area contributed by atoms with E-state index in [4.69, 9.17) is 10.5 Å². The monoisotopic (exact) mass is 255 g/mol. The number of amides is 3. The van der Waals surface area contributed by atoms with Crippen LogP contribution in [0.5, 0.6) is 0 Å². The average molecular weight is 255 g/mol. The van der Waals surface area contributed by atoms with Crippen LogP contribution in [-0.4, -0.2) is 55.5 Å². The van der Waals surface area contributed by atoms with Gasteiger partial charge in [0.2, 0.25) is 5.91 Å². The Kier molecular flexibility index (Phi) is 6.03. The van der Waals surface area contributed by atoms with Crippen molar-refractivity contribution < 1.29 is 19.1 Å². The third kappa shape index (κ3) is 4.64. The molecule has 0 bridgehead atoms. The molecular formula is C11H17N3O4. The Balaban J connectivity index is 2.10. The Labute approximate surface area is 105 Å². The van der Waals surface area contributed by atoms with Crippen molar-refractivity contribution >= 4 is 17.7 Å². The van der Waals surface area contributed by atoms with E-state index in [9.17, 15) is 14.4 Å². The van der Waals surface area contributed by atoms with Gasteiger partial charge in [-0.25, -0.2) is 0 Å². The molecule has 0 spiro atoms. The predicted molar refractivity (Wildman–Crippen MR) is 63.4 cm³/mol. The van der Waals surface area contributed by atoms with Crippen molar-refractivity contribution in [3.8, 4) is 0 Å². The molecule has 1 heterocycles. The van der Waals surface area contributed by atoms with E-state index in [-0.39, 0.29) is 30.7 Å². The molecule has 1 aliphatic rings. The Morgan fingerprint density at radius 1 is 1.28 bits per heavy atom. The molecule has 0 saturated carbocycles. The summed E-state index contributed by atoms with van der Waals surface area (Å²) in [5.41, 5.74) is 5.23. The van der Waals surface area contributed by atoms with E-state index in [0.29, 0.717) is 26.3 Å². The van der Waals surface area contributed by atoms with Crippen molar-refractivity contribution in [2.75, 3.05) is 32.8 Å². The molecule has 3 amide bonds. The summed E-state index contributed by atoms with van der Waals surface area (Å²) >= 11 is 0. The van der Waals surface area contributed by atoms with Crippen molar-refractivity contribution in [3.05, 3.63) is 12.2 Å². The zero-order valence-corrected chi connectivity index (χ0v) is 10.1. The number of rotatable bonds is 8. The number of ether oxygens (including phenoxy) is 1. The summed E-state index contributed by atoms with van der Waals surface area (Å²) in [6.07, 6.45) is 2.48. The molecule has 18 heavy (non-hydrogen) atoms. The van der Waals surface area contributed by atoms with Crippen LogP contribution in [0.25, 0.3) is 0 Å². The van der Waals surface area contributed by atoms with Gasteiger partial charge in [-0.15, -0.1) is 0 Å². The summed E-state index contributed by atoms with van der Waals surface area (Å²) in [7, 11) is 0. The van der Waals surface area contributed by atoms with Crippen molar-refractivity contribution in [1.82, 2.24) is 10.2 Å². The van der Waals surface area contributed by atoms with Gasteiger partial charge in [-0.2, -0.15) is 0 Å². The molecular weight excluding hydrogens is 238 g/mol. The van der Waals surface area contributed by atoms with Crippen LogP contribution in [0.4, 0.5) is 0 Å². The van der Waals surface area contributed by atoms with Gasteiger partial charge in [0.05, 0.1) is 13.2 Å². The zero-order chi connectivity index (χ0) is 13.4. The van der Waals surface area contributed by atoms with Crippen LogP contribution in [-0.2, 0) is 19.1 Å². The molecule has 1 rings (SSSR count). The molecule has 0 fully saturated rings. The summed E-state index contributed by atoms with van der Waals surface area (Å²) < 4.78 is 5.08. The van der Waals surface area contributed by atoms with Crippen LogP contribution >= 0.6 is 0 Å². The molecule has 0 atom stereocenters. The second kappa shape index (κ2) is 7.57. The van der Waals surface area contributed by atoms with Gasteiger partial charge in [-0.3, -0.25) is 19.3 Å². The number of carbonyl (C=O) groups excluding carboxylic acids is 3. The topological polar surface area (TPSA) is 102 Å². The first kappa shape index (κ1) is 14.3. The van der Waals surface area contributed by atoms with E-state index in [1.165, 1.54) is 12.2 Å². The number of hydrogen-bond acceptors (Lipinski definition) is 5. The first-order chi connectivity index (χ1) is 8.65. The summed E-state index contributed by atoms with van der Waals surface area (Å²) in [6.45, 7) is 1.78. The fourth-order valence-corrected chi connectivity index (χ4v) is 1.40. The minimum Gasteiger partial charge on any atom is -0.378 e. The molecule has 0 unspecified atom stereocenters. The van der Waals surface area contributed by atoms with Crippen LogP contribution in [0.3, 0.4) is 0 Å². The van der Waals surface area contributed by atoms with Crippen LogP contribution in [0.15, 0.2) is 12.2 Å². The largest absolute Gasteiger partial charge is 0.378 e. The van der Waals surface area contributed by atoms with Gasteiger partial charge in [-0.05, 0) is 0 Å². The van der Waals surface area contributed by atoms with E-state index in [1.807, 2.05) is 0 Å². The minimum absolute atomic E-state index is 0.0933. The number of imide groups is 1. The maximum absolute atomic E-state index is 11.4. The Hall–Kier alpha value is -1.73. The molecule has 0 saturated heterocycles. The number of hydrogen-bond donors (Lipinski definition) is 2. The van der Waals surface area contributed by atoms with Gasteiger partial charge >= 0.3 is 0 Å². The number of nitrogens with two attached hydrogens (primary N) is 1. The first-order valence-corrected chi connectivity index (χ1v) is 5.73. The van der Waals surface area contributed by atoms with E-state index >= 15 is 0 Å². The fourth-order valence-electron chi connectivity index (χ4n) is 1.40. The van der Waals surface area contributed by atoms with Gasteiger partial charge in [0.25, 0.3) is 11.8 Å². The third-order valence-corrected chi connectivity index (χ3v) is 2.29. The molecule has 7 heteroatoms. The maximum Gasteiger partial charge on any atom is 0.253 e. The molecule has 3 N–H and O–H groups in total. The van der Waals surface area contributed by atoms with Gasteiger partial charge in [0.15, 0.2) is 0 Å². The van der Waals surface area contributed by atoms with Crippen LogP contribution < -0.4 is 11.1 Å². The Morgan fingerprint density at radius 3 is 2.56 bits per heavy atom.